The van der Waals surface area contributed by atoms with Gasteiger partial charge in [0.05, 0.1) is 11.6 Å². The van der Waals surface area contributed by atoms with Gasteiger partial charge in [-0.1, -0.05) is 26.2 Å². The summed E-state index contributed by atoms with van der Waals surface area (Å²) in [6.07, 6.45) is 7.07. The SMILES string of the molecule is CC1CCCCC1CNc1nc(N)nc2[nH]ncc12. The molecule has 1 saturated carbocycles. The van der Waals surface area contributed by atoms with Crippen LogP contribution in [0.5, 0.6) is 0 Å². The van der Waals surface area contributed by atoms with Gasteiger partial charge in [-0.15, -0.1) is 0 Å². The molecule has 2 aromatic rings. The maximum absolute atomic E-state index is 5.71. The van der Waals surface area contributed by atoms with Gasteiger partial charge < -0.3 is 11.1 Å². The molecule has 0 spiro atoms. The Balaban J connectivity index is 1.75. The predicted molar refractivity (Wildman–Crippen MR) is 75.7 cm³/mol. The molecule has 2 unspecified atom stereocenters. The first-order valence-electron chi connectivity index (χ1n) is 6.94. The van der Waals surface area contributed by atoms with Crippen molar-refractivity contribution in [2.24, 2.45) is 11.8 Å². The van der Waals surface area contributed by atoms with Crippen LogP contribution < -0.4 is 11.1 Å². The van der Waals surface area contributed by atoms with Gasteiger partial charge in [0.15, 0.2) is 5.65 Å². The van der Waals surface area contributed by atoms with E-state index in [2.05, 4.69) is 32.4 Å². The van der Waals surface area contributed by atoms with Crippen molar-refractivity contribution in [1.82, 2.24) is 20.2 Å². The van der Waals surface area contributed by atoms with E-state index in [4.69, 9.17) is 5.73 Å². The fraction of sp³-hybridized carbons (Fsp3) is 0.615. The van der Waals surface area contributed by atoms with Crippen LogP contribution in [0.25, 0.3) is 11.0 Å². The van der Waals surface area contributed by atoms with Gasteiger partial charge in [0.2, 0.25) is 5.95 Å². The highest BCUT2D eigenvalue weighted by molar-refractivity contribution is 5.86. The molecule has 4 N–H and O–H groups in total. The topological polar surface area (TPSA) is 92.5 Å². The van der Waals surface area contributed by atoms with Gasteiger partial charge >= 0.3 is 0 Å². The van der Waals surface area contributed by atoms with E-state index in [-0.39, 0.29) is 5.95 Å². The third-order valence-corrected chi connectivity index (χ3v) is 4.15. The number of nitrogen functional groups attached to an aromatic ring is 1. The lowest BCUT2D eigenvalue weighted by atomic mass is 9.80. The van der Waals surface area contributed by atoms with E-state index in [1.54, 1.807) is 6.20 Å². The average Bonchev–Trinajstić information content (AvgIpc) is 2.85. The molecule has 2 atom stereocenters. The van der Waals surface area contributed by atoms with Gasteiger partial charge in [0, 0.05) is 6.54 Å². The van der Waals surface area contributed by atoms with Gasteiger partial charge in [-0.2, -0.15) is 15.1 Å². The Kier molecular flexibility index (Phi) is 3.23. The molecule has 1 aliphatic carbocycles. The third-order valence-electron chi connectivity index (χ3n) is 4.15. The summed E-state index contributed by atoms with van der Waals surface area (Å²) in [6.45, 7) is 3.28. The molecule has 6 nitrogen and oxygen atoms in total. The van der Waals surface area contributed by atoms with Crippen LogP contribution in [-0.2, 0) is 0 Å². The van der Waals surface area contributed by atoms with Crippen LogP contribution in [0, 0.1) is 11.8 Å². The van der Waals surface area contributed by atoms with Crippen LogP contribution in [0.3, 0.4) is 0 Å². The zero-order chi connectivity index (χ0) is 13.2. The number of aromatic nitrogens is 4. The maximum Gasteiger partial charge on any atom is 0.224 e. The zero-order valence-corrected chi connectivity index (χ0v) is 11.2. The Hall–Kier alpha value is -1.85. The second-order valence-electron chi connectivity index (χ2n) is 5.47. The largest absolute Gasteiger partial charge is 0.369 e. The number of H-pyrrole nitrogens is 1. The minimum absolute atomic E-state index is 0.274. The molecular formula is C13H20N6. The van der Waals surface area contributed by atoms with Gasteiger partial charge in [0.1, 0.15) is 5.82 Å². The van der Waals surface area contributed by atoms with Gasteiger partial charge in [-0.25, -0.2) is 0 Å². The molecule has 19 heavy (non-hydrogen) atoms. The third kappa shape index (κ3) is 2.47. The Morgan fingerprint density at radius 3 is 3.05 bits per heavy atom. The highest BCUT2D eigenvalue weighted by Gasteiger charge is 2.21. The van der Waals surface area contributed by atoms with Crippen molar-refractivity contribution >= 4 is 22.8 Å². The molecule has 1 fully saturated rings. The van der Waals surface area contributed by atoms with Crippen molar-refractivity contribution in [2.45, 2.75) is 32.6 Å². The molecule has 2 heterocycles. The first kappa shape index (κ1) is 12.2. The lowest BCUT2D eigenvalue weighted by Crippen LogP contribution is -2.24. The summed E-state index contributed by atoms with van der Waals surface area (Å²) in [6, 6.07) is 0. The van der Waals surface area contributed by atoms with Crippen molar-refractivity contribution < 1.29 is 0 Å². The molecule has 102 valence electrons. The lowest BCUT2D eigenvalue weighted by Gasteiger charge is -2.29. The molecule has 1 aliphatic rings. The minimum Gasteiger partial charge on any atom is -0.369 e. The summed E-state index contributed by atoms with van der Waals surface area (Å²) >= 11 is 0. The monoisotopic (exact) mass is 260 g/mol. The summed E-state index contributed by atoms with van der Waals surface area (Å²) in [5.74, 6) is 2.55. The van der Waals surface area contributed by atoms with Crippen LogP contribution in [0.4, 0.5) is 11.8 Å². The molecule has 0 aromatic carbocycles. The summed E-state index contributed by atoms with van der Waals surface area (Å²) in [4.78, 5) is 8.39. The second kappa shape index (κ2) is 5.03. The van der Waals surface area contributed by atoms with E-state index < -0.39 is 0 Å². The lowest BCUT2D eigenvalue weighted by molar-refractivity contribution is 0.268. The maximum atomic E-state index is 5.71. The van der Waals surface area contributed by atoms with Crippen LogP contribution in [0.2, 0.25) is 0 Å². The highest BCUT2D eigenvalue weighted by atomic mass is 15.2. The number of hydrogen-bond donors (Lipinski definition) is 3. The number of fused-ring (bicyclic) bond motifs is 1. The molecule has 0 bridgehead atoms. The zero-order valence-electron chi connectivity index (χ0n) is 11.2. The van der Waals surface area contributed by atoms with E-state index in [1.165, 1.54) is 25.7 Å². The number of aromatic amines is 1. The van der Waals surface area contributed by atoms with E-state index in [0.29, 0.717) is 11.6 Å². The minimum atomic E-state index is 0.274. The smallest absolute Gasteiger partial charge is 0.224 e. The van der Waals surface area contributed by atoms with Gasteiger partial charge in [-0.3, -0.25) is 5.10 Å². The van der Waals surface area contributed by atoms with Crippen LogP contribution in [0.1, 0.15) is 32.6 Å². The molecule has 6 heteroatoms. The first-order valence-corrected chi connectivity index (χ1v) is 6.94. The van der Waals surface area contributed by atoms with E-state index in [0.717, 1.165) is 23.7 Å². The fourth-order valence-corrected chi connectivity index (χ4v) is 2.91. The van der Waals surface area contributed by atoms with Crippen molar-refractivity contribution in [3.05, 3.63) is 6.20 Å². The van der Waals surface area contributed by atoms with Crippen molar-refractivity contribution in [1.29, 1.82) is 0 Å². The van der Waals surface area contributed by atoms with Crippen LogP contribution in [0.15, 0.2) is 6.20 Å². The number of nitrogens with zero attached hydrogens (tertiary/aromatic N) is 3. The number of nitrogens with one attached hydrogen (secondary N) is 2. The molecule has 0 aliphatic heterocycles. The number of anilines is 2. The number of nitrogens with two attached hydrogens (primary N) is 1. The second-order valence-corrected chi connectivity index (χ2v) is 5.47. The molecule has 0 radical (unpaired) electrons. The van der Waals surface area contributed by atoms with Gasteiger partial charge in [-0.05, 0) is 18.3 Å². The number of rotatable bonds is 3. The van der Waals surface area contributed by atoms with Crippen molar-refractivity contribution in [2.75, 3.05) is 17.6 Å². The highest BCUT2D eigenvalue weighted by Crippen LogP contribution is 2.30. The summed E-state index contributed by atoms with van der Waals surface area (Å²) in [5.41, 5.74) is 6.40. The van der Waals surface area contributed by atoms with E-state index in [1.807, 2.05) is 0 Å². The molecule has 3 rings (SSSR count). The average molecular weight is 260 g/mol. The summed E-state index contributed by atoms with van der Waals surface area (Å²) in [5, 5.41) is 11.1. The first-order chi connectivity index (χ1) is 9.24. The van der Waals surface area contributed by atoms with Crippen molar-refractivity contribution in [3.8, 4) is 0 Å². The van der Waals surface area contributed by atoms with Crippen molar-refractivity contribution in [3.63, 3.8) is 0 Å². The molecule has 0 saturated heterocycles. The van der Waals surface area contributed by atoms with E-state index >= 15 is 0 Å². The van der Waals surface area contributed by atoms with Crippen LogP contribution in [-0.4, -0.2) is 26.7 Å². The Bertz CT molecular complexity index is 563. The number of hydrogen-bond acceptors (Lipinski definition) is 5. The fourth-order valence-electron chi connectivity index (χ4n) is 2.91. The Labute approximate surface area is 112 Å². The Morgan fingerprint density at radius 1 is 1.37 bits per heavy atom. The van der Waals surface area contributed by atoms with Gasteiger partial charge in [0.25, 0.3) is 0 Å². The molecule has 2 aromatic heterocycles. The Morgan fingerprint density at radius 2 is 2.21 bits per heavy atom. The quantitative estimate of drug-likeness (QED) is 0.786. The molecular weight excluding hydrogens is 240 g/mol. The standard InChI is InChI=1S/C13H20N6/c1-8-4-2-3-5-9(8)6-15-11-10-7-16-19-12(10)18-13(14)17-11/h7-9H,2-6H2,1H3,(H4,14,15,16,17,18,19). The molecule has 0 amide bonds. The predicted octanol–water partition coefficient (Wildman–Crippen LogP) is 2.17. The van der Waals surface area contributed by atoms with E-state index in [9.17, 15) is 0 Å². The summed E-state index contributed by atoms with van der Waals surface area (Å²) in [7, 11) is 0. The summed E-state index contributed by atoms with van der Waals surface area (Å²) < 4.78 is 0. The normalized spacial score (nSPS) is 23.6. The van der Waals surface area contributed by atoms with Crippen LogP contribution >= 0.6 is 0 Å².